The standard InChI is InChI=1S/C38H42N4O4/c1-39-33(25-17-21-27(43-5)22-18-25)34(26-19-23-28(44-6)24-20-26)40(2)37(39)38-41(3)35(29-13-9-11-15-31(29)45-7)36(42(38)4)30-14-10-12-16-32(30)46-8/h9-24,37-38H,1-8H3. The summed E-state index contributed by atoms with van der Waals surface area (Å²) in [7, 11) is 15.6. The summed E-state index contributed by atoms with van der Waals surface area (Å²) in [4.78, 5) is 9.54. The Balaban J connectivity index is 1.51. The average Bonchev–Trinajstić information content (AvgIpc) is 3.50. The van der Waals surface area contributed by atoms with Crippen LogP contribution in [0.2, 0.25) is 0 Å². The zero-order valence-electron chi connectivity index (χ0n) is 27.8. The van der Waals surface area contributed by atoms with E-state index in [0.29, 0.717) is 0 Å². The zero-order valence-corrected chi connectivity index (χ0v) is 27.8. The van der Waals surface area contributed by atoms with E-state index >= 15 is 0 Å². The van der Waals surface area contributed by atoms with E-state index in [4.69, 9.17) is 18.9 Å². The van der Waals surface area contributed by atoms with Gasteiger partial charge in [-0.15, -0.1) is 0 Å². The van der Waals surface area contributed by atoms with Crippen molar-refractivity contribution < 1.29 is 18.9 Å². The van der Waals surface area contributed by atoms with Crippen LogP contribution in [-0.2, 0) is 0 Å². The number of methoxy groups -OCH3 is 4. The molecule has 8 nitrogen and oxygen atoms in total. The molecule has 0 bridgehead atoms. The zero-order chi connectivity index (χ0) is 32.5. The fraction of sp³-hybridized carbons (Fsp3) is 0.263. The molecule has 0 fully saturated rings. The van der Waals surface area contributed by atoms with Crippen molar-refractivity contribution in [2.24, 2.45) is 0 Å². The van der Waals surface area contributed by atoms with E-state index in [1.54, 1.807) is 28.4 Å². The SMILES string of the molecule is COc1ccc(C2=C(c3ccc(OC)cc3)N(C)C(C3N(C)C(c4ccccc4OC)=C(c4ccccc4OC)N3C)N2C)cc1. The van der Waals surface area contributed by atoms with E-state index < -0.39 is 0 Å². The van der Waals surface area contributed by atoms with E-state index in [2.05, 4.69) is 96.3 Å². The monoisotopic (exact) mass is 618 g/mol. The maximum absolute atomic E-state index is 5.91. The molecule has 4 aromatic carbocycles. The number of para-hydroxylation sites is 2. The van der Waals surface area contributed by atoms with Crippen LogP contribution in [0.4, 0.5) is 0 Å². The lowest BCUT2D eigenvalue weighted by Crippen LogP contribution is -2.55. The molecule has 0 N–H and O–H groups in total. The van der Waals surface area contributed by atoms with Gasteiger partial charge in [0.2, 0.25) is 0 Å². The van der Waals surface area contributed by atoms with Gasteiger partial charge in [0.05, 0.1) is 51.2 Å². The van der Waals surface area contributed by atoms with Crippen molar-refractivity contribution in [3.63, 3.8) is 0 Å². The summed E-state index contributed by atoms with van der Waals surface area (Å²) in [5.41, 5.74) is 8.65. The summed E-state index contributed by atoms with van der Waals surface area (Å²) in [5.74, 6) is 3.27. The van der Waals surface area contributed by atoms with Crippen molar-refractivity contribution in [3.05, 3.63) is 119 Å². The molecule has 0 amide bonds. The van der Waals surface area contributed by atoms with Gasteiger partial charge in [0.25, 0.3) is 0 Å². The molecule has 4 aromatic rings. The molecule has 0 saturated carbocycles. The van der Waals surface area contributed by atoms with Crippen LogP contribution in [0.3, 0.4) is 0 Å². The summed E-state index contributed by atoms with van der Waals surface area (Å²) in [5, 5.41) is 0. The van der Waals surface area contributed by atoms with Crippen molar-refractivity contribution in [2.75, 3.05) is 56.6 Å². The first-order valence-corrected chi connectivity index (χ1v) is 15.3. The molecule has 0 saturated heterocycles. The highest BCUT2D eigenvalue weighted by atomic mass is 16.5. The number of nitrogens with zero attached hydrogens (tertiary/aromatic N) is 4. The van der Waals surface area contributed by atoms with Crippen LogP contribution in [0, 0.1) is 0 Å². The molecule has 2 heterocycles. The Kier molecular flexibility index (Phi) is 8.45. The molecule has 238 valence electrons. The third-order valence-corrected chi connectivity index (χ3v) is 9.16. The normalized spacial score (nSPS) is 15.7. The first-order chi connectivity index (χ1) is 22.3. The first-order valence-electron chi connectivity index (χ1n) is 15.3. The second kappa shape index (κ2) is 12.6. The Labute approximate surface area is 272 Å². The highest BCUT2D eigenvalue weighted by molar-refractivity contribution is 5.95. The topological polar surface area (TPSA) is 49.9 Å². The van der Waals surface area contributed by atoms with Crippen molar-refractivity contribution in [2.45, 2.75) is 12.3 Å². The van der Waals surface area contributed by atoms with E-state index in [9.17, 15) is 0 Å². The number of rotatable bonds is 9. The van der Waals surface area contributed by atoms with Crippen molar-refractivity contribution in [3.8, 4) is 23.0 Å². The van der Waals surface area contributed by atoms with Gasteiger partial charge < -0.3 is 38.5 Å². The van der Waals surface area contributed by atoms with Crippen LogP contribution < -0.4 is 18.9 Å². The summed E-state index contributed by atoms with van der Waals surface area (Å²) in [6.45, 7) is 0. The lowest BCUT2D eigenvalue weighted by Gasteiger charge is -2.42. The predicted octanol–water partition coefficient (Wildman–Crippen LogP) is 6.48. The highest BCUT2D eigenvalue weighted by Gasteiger charge is 2.48. The van der Waals surface area contributed by atoms with Crippen LogP contribution in [0.1, 0.15) is 22.3 Å². The second-order valence-corrected chi connectivity index (χ2v) is 11.5. The van der Waals surface area contributed by atoms with Crippen molar-refractivity contribution in [1.82, 2.24) is 19.6 Å². The predicted molar refractivity (Wildman–Crippen MR) is 184 cm³/mol. The van der Waals surface area contributed by atoms with Gasteiger partial charge in [-0.25, -0.2) is 0 Å². The quantitative estimate of drug-likeness (QED) is 0.211. The van der Waals surface area contributed by atoms with E-state index in [1.807, 2.05) is 48.5 Å². The third kappa shape index (κ3) is 5.04. The number of ether oxygens (including phenoxy) is 4. The molecule has 46 heavy (non-hydrogen) atoms. The number of hydrogen-bond donors (Lipinski definition) is 0. The van der Waals surface area contributed by atoms with Crippen molar-refractivity contribution in [1.29, 1.82) is 0 Å². The summed E-state index contributed by atoms with van der Waals surface area (Å²) in [6.07, 6.45) is -0.181. The minimum absolute atomic E-state index is 0.0823. The average molecular weight is 619 g/mol. The summed E-state index contributed by atoms with van der Waals surface area (Å²) in [6, 6.07) is 33.0. The molecule has 0 spiro atoms. The summed E-state index contributed by atoms with van der Waals surface area (Å²) >= 11 is 0. The second-order valence-electron chi connectivity index (χ2n) is 11.5. The smallest absolute Gasteiger partial charge is 0.141 e. The van der Waals surface area contributed by atoms with Gasteiger partial charge in [-0.2, -0.15) is 0 Å². The van der Waals surface area contributed by atoms with Gasteiger partial charge >= 0.3 is 0 Å². The van der Waals surface area contributed by atoms with Gasteiger partial charge in [0, 0.05) is 50.4 Å². The van der Waals surface area contributed by atoms with Crippen LogP contribution in [-0.4, -0.2) is 88.6 Å². The number of benzene rings is 4. The molecule has 0 radical (unpaired) electrons. The van der Waals surface area contributed by atoms with Gasteiger partial charge in [-0.05, 0) is 72.8 Å². The van der Waals surface area contributed by atoms with Crippen molar-refractivity contribution >= 4 is 22.8 Å². The van der Waals surface area contributed by atoms with E-state index in [1.165, 1.54) is 0 Å². The Hall–Kier alpha value is -5.24. The molecule has 0 unspecified atom stereocenters. The van der Waals surface area contributed by atoms with Crippen LogP contribution in [0.15, 0.2) is 97.1 Å². The molecular formula is C38H42N4O4. The Morgan fingerprint density at radius 3 is 1.04 bits per heavy atom. The summed E-state index contributed by atoms with van der Waals surface area (Å²) < 4.78 is 22.8. The van der Waals surface area contributed by atoms with Crippen LogP contribution in [0.25, 0.3) is 22.8 Å². The maximum Gasteiger partial charge on any atom is 0.141 e. The highest BCUT2D eigenvalue weighted by Crippen LogP contribution is 2.49. The lowest BCUT2D eigenvalue weighted by atomic mass is 10.0. The van der Waals surface area contributed by atoms with Crippen LogP contribution in [0.5, 0.6) is 23.0 Å². The minimum Gasteiger partial charge on any atom is -0.497 e. The molecule has 2 aliphatic heterocycles. The van der Waals surface area contributed by atoms with E-state index in [0.717, 1.165) is 68.0 Å². The third-order valence-electron chi connectivity index (χ3n) is 9.16. The number of hydrogen-bond acceptors (Lipinski definition) is 8. The van der Waals surface area contributed by atoms with Gasteiger partial charge in [0.15, 0.2) is 0 Å². The van der Waals surface area contributed by atoms with Gasteiger partial charge in [-0.3, -0.25) is 0 Å². The largest absolute Gasteiger partial charge is 0.497 e. The Morgan fingerprint density at radius 2 is 0.717 bits per heavy atom. The number of likely N-dealkylation sites (N-methyl/N-ethyl adjacent to an activating group) is 4. The molecule has 0 atom stereocenters. The molecule has 8 heteroatoms. The molecule has 2 aliphatic rings. The Bertz CT molecular complexity index is 1640. The lowest BCUT2D eigenvalue weighted by molar-refractivity contribution is 0.0582. The fourth-order valence-electron chi connectivity index (χ4n) is 7.01. The maximum atomic E-state index is 5.91. The first kappa shape index (κ1) is 30.8. The van der Waals surface area contributed by atoms with Crippen LogP contribution >= 0.6 is 0 Å². The molecular weight excluding hydrogens is 576 g/mol. The Morgan fingerprint density at radius 1 is 0.391 bits per heavy atom. The molecule has 0 aromatic heterocycles. The van der Waals surface area contributed by atoms with Gasteiger partial charge in [0.1, 0.15) is 35.3 Å². The molecule has 6 rings (SSSR count). The van der Waals surface area contributed by atoms with E-state index in [-0.39, 0.29) is 12.3 Å². The molecule has 0 aliphatic carbocycles. The van der Waals surface area contributed by atoms with Gasteiger partial charge in [-0.1, -0.05) is 24.3 Å². The minimum atomic E-state index is -0.0983. The fourth-order valence-corrected chi connectivity index (χ4v) is 7.01.